The SMILES string of the molecule is COc1ccc(C2c3ccccc3CCN2C(c2ccccc2)c2ccccc2)cc1. The zero-order valence-corrected chi connectivity index (χ0v) is 17.8. The van der Waals surface area contributed by atoms with Crippen molar-refractivity contribution in [3.05, 3.63) is 137 Å². The van der Waals surface area contributed by atoms with Crippen LogP contribution in [0, 0.1) is 0 Å². The fourth-order valence-electron chi connectivity index (χ4n) is 4.87. The van der Waals surface area contributed by atoms with Crippen molar-refractivity contribution in [1.29, 1.82) is 0 Å². The maximum absolute atomic E-state index is 5.43. The number of nitrogens with zero attached hydrogens (tertiary/aromatic N) is 1. The average molecular weight is 406 g/mol. The van der Waals surface area contributed by atoms with Gasteiger partial charge in [-0.25, -0.2) is 0 Å². The third kappa shape index (κ3) is 3.87. The summed E-state index contributed by atoms with van der Waals surface area (Å²) in [6.45, 7) is 1.00. The smallest absolute Gasteiger partial charge is 0.118 e. The minimum atomic E-state index is 0.182. The van der Waals surface area contributed by atoms with Crippen molar-refractivity contribution in [2.45, 2.75) is 18.5 Å². The summed E-state index contributed by atoms with van der Waals surface area (Å²) < 4.78 is 5.43. The Bertz CT molecular complexity index is 1080. The van der Waals surface area contributed by atoms with Crippen molar-refractivity contribution in [3.8, 4) is 5.75 Å². The van der Waals surface area contributed by atoms with E-state index in [1.807, 2.05) is 0 Å². The minimum absolute atomic E-state index is 0.182. The van der Waals surface area contributed by atoms with Crippen LogP contribution in [0.5, 0.6) is 5.75 Å². The van der Waals surface area contributed by atoms with Crippen LogP contribution in [0.3, 0.4) is 0 Å². The summed E-state index contributed by atoms with van der Waals surface area (Å²) in [5.74, 6) is 0.891. The van der Waals surface area contributed by atoms with Crippen LogP contribution in [0.15, 0.2) is 109 Å². The van der Waals surface area contributed by atoms with E-state index in [1.54, 1.807) is 7.11 Å². The van der Waals surface area contributed by atoms with E-state index in [0.29, 0.717) is 0 Å². The molecule has 0 bridgehead atoms. The summed E-state index contributed by atoms with van der Waals surface area (Å²) in [6, 6.07) is 39.6. The number of hydrogen-bond donors (Lipinski definition) is 0. The number of fused-ring (bicyclic) bond motifs is 1. The number of ether oxygens (including phenoxy) is 1. The highest BCUT2D eigenvalue weighted by atomic mass is 16.5. The summed E-state index contributed by atoms with van der Waals surface area (Å²) in [5, 5.41) is 0. The molecule has 1 unspecified atom stereocenters. The van der Waals surface area contributed by atoms with Crippen LogP contribution >= 0.6 is 0 Å². The fraction of sp³-hybridized carbons (Fsp3) is 0.172. The van der Waals surface area contributed by atoms with Gasteiger partial charge < -0.3 is 4.74 Å². The Balaban J connectivity index is 1.67. The lowest BCUT2D eigenvalue weighted by Crippen LogP contribution is -2.39. The Labute approximate surface area is 184 Å². The van der Waals surface area contributed by atoms with Crippen molar-refractivity contribution >= 4 is 0 Å². The van der Waals surface area contributed by atoms with Gasteiger partial charge in [-0.2, -0.15) is 0 Å². The standard InChI is InChI=1S/C29H27NO/c1-31-26-18-16-25(17-19-26)29-27-15-9-8-10-22(27)20-21-30(29)28(23-11-4-2-5-12-23)24-13-6-3-7-14-24/h2-19,28-29H,20-21H2,1H3. The van der Waals surface area contributed by atoms with Gasteiger partial charge in [0, 0.05) is 6.54 Å². The third-order valence-electron chi connectivity index (χ3n) is 6.31. The van der Waals surface area contributed by atoms with E-state index < -0.39 is 0 Å². The second-order valence-electron chi connectivity index (χ2n) is 8.09. The van der Waals surface area contributed by atoms with Crippen molar-refractivity contribution in [2.75, 3.05) is 13.7 Å². The predicted octanol–water partition coefficient (Wildman–Crippen LogP) is 6.43. The molecule has 0 fully saturated rings. The van der Waals surface area contributed by atoms with Gasteiger partial charge in [-0.3, -0.25) is 4.90 Å². The van der Waals surface area contributed by atoms with Crippen LogP contribution in [0.4, 0.5) is 0 Å². The van der Waals surface area contributed by atoms with Crippen LogP contribution in [-0.4, -0.2) is 18.6 Å². The molecule has 0 amide bonds. The highest BCUT2D eigenvalue weighted by Gasteiger charge is 2.34. The molecule has 5 rings (SSSR count). The first-order valence-corrected chi connectivity index (χ1v) is 10.9. The van der Waals surface area contributed by atoms with Gasteiger partial charge in [0.1, 0.15) is 5.75 Å². The molecule has 31 heavy (non-hydrogen) atoms. The maximum Gasteiger partial charge on any atom is 0.118 e. The summed E-state index contributed by atoms with van der Waals surface area (Å²) >= 11 is 0. The van der Waals surface area contributed by atoms with Gasteiger partial charge in [-0.1, -0.05) is 97.1 Å². The summed E-state index contributed by atoms with van der Waals surface area (Å²) in [7, 11) is 1.72. The Morgan fingerprint density at radius 3 is 1.90 bits per heavy atom. The fourth-order valence-corrected chi connectivity index (χ4v) is 4.87. The molecule has 1 atom stereocenters. The Hall–Kier alpha value is -3.36. The normalized spacial score (nSPS) is 16.1. The number of benzene rings is 4. The van der Waals surface area contributed by atoms with E-state index in [0.717, 1.165) is 18.7 Å². The molecular weight excluding hydrogens is 378 g/mol. The molecule has 4 aromatic carbocycles. The maximum atomic E-state index is 5.43. The van der Waals surface area contributed by atoms with Crippen molar-refractivity contribution in [2.24, 2.45) is 0 Å². The molecule has 0 aromatic heterocycles. The predicted molar refractivity (Wildman–Crippen MR) is 126 cm³/mol. The molecule has 2 heteroatoms. The number of methoxy groups -OCH3 is 1. The molecule has 154 valence electrons. The van der Waals surface area contributed by atoms with Gasteiger partial charge in [0.05, 0.1) is 19.2 Å². The Morgan fingerprint density at radius 2 is 1.29 bits per heavy atom. The Morgan fingerprint density at radius 1 is 0.710 bits per heavy atom. The van der Waals surface area contributed by atoms with E-state index in [4.69, 9.17) is 4.74 Å². The van der Waals surface area contributed by atoms with Crippen molar-refractivity contribution < 1.29 is 4.74 Å². The number of hydrogen-bond acceptors (Lipinski definition) is 2. The first kappa shape index (κ1) is 19.6. The molecule has 0 spiro atoms. The number of rotatable bonds is 5. The molecule has 4 aromatic rings. The van der Waals surface area contributed by atoms with E-state index in [2.05, 4.69) is 114 Å². The minimum Gasteiger partial charge on any atom is -0.497 e. The molecule has 1 heterocycles. The van der Waals surface area contributed by atoms with Crippen LogP contribution < -0.4 is 4.74 Å². The van der Waals surface area contributed by atoms with Crippen LogP contribution in [0.2, 0.25) is 0 Å². The molecule has 2 nitrogen and oxygen atoms in total. The zero-order valence-electron chi connectivity index (χ0n) is 17.8. The first-order valence-electron chi connectivity index (χ1n) is 10.9. The lowest BCUT2D eigenvalue weighted by atomic mass is 9.84. The van der Waals surface area contributed by atoms with E-state index in [-0.39, 0.29) is 12.1 Å². The van der Waals surface area contributed by atoms with Crippen LogP contribution in [0.1, 0.15) is 39.9 Å². The zero-order chi connectivity index (χ0) is 21.0. The second-order valence-corrected chi connectivity index (χ2v) is 8.09. The molecule has 0 saturated carbocycles. The highest BCUT2D eigenvalue weighted by molar-refractivity contribution is 5.43. The molecule has 0 radical (unpaired) electrons. The average Bonchev–Trinajstić information content (AvgIpc) is 2.85. The quantitative estimate of drug-likeness (QED) is 0.379. The van der Waals surface area contributed by atoms with Gasteiger partial charge >= 0.3 is 0 Å². The van der Waals surface area contributed by atoms with Gasteiger partial charge in [0.15, 0.2) is 0 Å². The first-order chi connectivity index (χ1) is 15.3. The topological polar surface area (TPSA) is 12.5 Å². The molecule has 0 N–H and O–H groups in total. The highest BCUT2D eigenvalue weighted by Crippen LogP contribution is 2.43. The summed E-state index contributed by atoms with van der Waals surface area (Å²) in [4.78, 5) is 2.66. The van der Waals surface area contributed by atoms with Gasteiger partial charge in [0.2, 0.25) is 0 Å². The van der Waals surface area contributed by atoms with E-state index >= 15 is 0 Å². The van der Waals surface area contributed by atoms with Crippen LogP contribution in [-0.2, 0) is 6.42 Å². The van der Waals surface area contributed by atoms with Gasteiger partial charge in [0.25, 0.3) is 0 Å². The summed E-state index contributed by atoms with van der Waals surface area (Å²) in [6.07, 6.45) is 1.05. The lowest BCUT2D eigenvalue weighted by Gasteiger charge is -2.43. The van der Waals surface area contributed by atoms with Crippen molar-refractivity contribution in [1.82, 2.24) is 4.90 Å². The second kappa shape index (κ2) is 8.79. The monoisotopic (exact) mass is 405 g/mol. The van der Waals surface area contributed by atoms with Gasteiger partial charge in [-0.15, -0.1) is 0 Å². The summed E-state index contributed by atoms with van der Waals surface area (Å²) in [5.41, 5.74) is 6.79. The van der Waals surface area contributed by atoms with Crippen LogP contribution in [0.25, 0.3) is 0 Å². The lowest BCUT2D eigenvalue weighted by molar-refractivity contribution is 0.169. The molecular formula is C29H27NO. The van der Waals surface area contributed by atoms with Gasteiger partial charge in [-0.05, 0) is 46.4 Å². The molecule has 1 aliphatic heterocycles. The Kier molecular flexibility index (Phi) is 5.56. The van der Waals surface area contributed by atoms with Crippen molar-refractivity contribution in [3.63, 3.8) is 0 Å². The molecule has 0 aliphatic carbocycles. The molecule has 1 aliphatic rings. The van der Waals surface area contributed by atoms with E-state index in [1.165, 1.54) is 27.8 Å². The third-order valence-corrected chi connectivity index (χ3v) is 6.31. The molecule has 0 saturated heterocycles. The van der Waals surface area contributed by atoms with E-state index in [9.17, 15) is 0 Å². The largest absolute Gasteiger partial charge is 0.497 e.